The van der Waals surface area contributed by atoms with Gasteiger partial charge in [-0.05, 0) is 47.4 Å². The van der Waals surface area contributed by atoms with Crippen LogP contribution in [0.1, 0.15) is 40.7 Å². The first-order valence-corrected chi connectivity index (χ1v) is 10.8. The minimum Gasteiger partial charge on any atom is -0.481 e. The van der Waals surface area contributed by atoms with E-state index < -0.39 is 29.8 Å². The summed E-state index contributed by atoms with van der Waals surface area (Å²) in [5.74, 6) is -2.59. The smallest absolute Gasteiger partial charge is 0.411 e. The number of halogens is 1. The molecular weight excluding hydrogens is 439 g/mol. The molecule has 0 bridgehead atoms. The molecule has 174 valence electrons. The summed E-state index contributed by atoms with van der Waals surface area (Å²) in [6, 6.07) is 18.5. The summed E-state index contributed by atoms with van der Waals surface area (Å²) in [5.41, 5.74) is 4.24. The van der Waals surface area contributed by atoms with Crippen LogP contribution in [0, 0.1) is 5.82 Å². The van der Waals surface area contributed by atoms with Gasteiger partial charge in [0.25, 0.3) is 5.91 Å². The molecule has 1 aliphatic rings. The highest BCUT2D eigenvalue weighted by Crippen LogP contribution is 2.44. The Kier molecular flexibility index (Phi) is 6.58. The van der Waals surface area contributed by atoms with E-state index in [1.807, 2.05) is 48.5 Å². The lowest BCUT2D eigenvalue weighted by Gasteiger charge is -2.17. The first kappa shape index (κ1) is 23.0. The van der Waals surface area contributed by atoms with E-state index in [0.29, 0.717) is 0 Å². The van der Waals surface area contributed by atoms with Gasteiger partial charge in [-0.25, -0.2) is 9.18 Å². The average molecular weight is 462 g/mol. The number of hydrogen-bond donors (Lipinski definition) is 3. The fourth-order valence-electron chi connectivity index (χ4n) is 4.17. The number of amides is 2. The van der Waals surface area contributed by atoms with Gasteiger partial charge in [-0.15, -0.1) is 0 Å². The third-order valence-corrected chi connectivity index (χ3v) is 5.66. The van der Waals surface area contributed by atoms with Gasteiger partial charge in [0.05, 0.1) is 17.7 Å². The van der Waals surface area contributed by atoms with E-state index in [1.165, 1.54) is 13.0 Å². The highest BCUT2D eigenvalue weighted by Gasteiger charge is 2.29. The molecule has 2 amide bonds. The van der Waals surface area contributed by atoms with Crippen LogP contribution in [0.2, 0.25) is 0 Å². The average Bonchev–Trinajstić information content (AvgIpc) is 3.12. The van der Waals surface area contributed by atoms with E-state index in [-0.39, 0.29) is 30.2 Å². The fourth-order valence-corrected chi connectivity index (χ4v) is 4.17. The van der Waals surface area contributed by atoms with Gasteiger partial charge in [0, 0.05) is 12.0 Å². The van der Waals surface area contributed by atoms with Gasteiger partial charge in [0.2, 0.25) is 0 Å². The van der Waals surface area contributed by atoms with Gasteiger partial charge in [-0.2, -0.15) is 0 Å². The lowest BCUT2D eigenvalue weighted by atomic mass is 9.98. The maximum Gasteiger partial charge on any atom is 0.411 e. The van der Waals surface area contributed by atoms with Crippen molar-refractivity contribution in [2.24, 2.45) is 0 Å². The number of ether oxygens (including phenoxy) is 1. The van der Waals surface area contributed by atoms with E-state index in [9.17, 15) is 18.8 Å². The Morgan fingerprint density at radius 2 is 1.62 bits per heavy atom. The van der Waals surface area contributed by atoms with Crippen molar-refractivity contribution >= 4 is 23.7 Å². The maximum atomic E-state index is 13.8. The molecule has 3 aromatic carbocycles. The van der Waals surface area contributed by atoms with E-state index in [0.717, 1.165) is 34.4 Å². The van der Waals surface area contributed by atoms with E-state index >= 15 is 0 Å². The molecule has 7 nitrogen and oxygen atoms in total. The zero-order valence-corrected chi connectivity index (χ0v) is 18.4. The SMILES string of the molecule is C[C@H](CC(=O)O)NC(=O)c1cc(F)ccc1NC(=O)OCC1c2ccccc2-c2ccccc21. The summed E-state index contributed by atoms with van der Waals surface area (Å²) < 4.78 is 19.3. The van der Waals surface area contributed by atoms with Crippen LogP contribution in [0.3, 0.4) is 0 Å². The number of fused-ring (bicyclic) bond motifs is 3. The van der Waals surface area contributed by atoms with Crippen LogP contribution in [0.5, 0.6) is 0 Å². The highest BCUT2D eigenvalue weighted by molar-refractivity contribution is 6.02. The van der Waals surface area contributed by atoms with E-state index in [1.54, 1.807) is 0 Å². The third kappa shape index (κ3) is 4.91. The Hall–Kier alpha value is -4.20. The molecule has 1 atom stereocenters. The van der Waals surface area contributed by atoms with Gasteiger partial charge in [-0.3, -0.25) is 14.9 Å². The van der Waals surface area contributed by atoms with Gasteiger partial charge in [0.1, 0.15) is 12.4 Å². The van der Waals surface area contributed by atoms with Crippen LogP contribution in [-0.4, -0.2) is 35.7 Å². The van der Waals surface area contributed by atoms with Crippen molar-refractivity contribution < 1.29 is 28.6 Å². The van der Waals surface area contributed by atoms with Gasteiger partial charge >= 0.3 is 12.1 Å². The molecule has 0 spiro atoms. The molecule has 0 heterocycles. The topological polar surface area (TPSA) is 105 Å². The van der Waals surface area contributed by atoms with Crippen LogP contribution < -0.4 is 10.6 Å². The second-order valence-electron chi connectivity index (χ2n) is 8.11. The lowest BCUT2D eigenvalue weighted by Crippen LogP contribution is -2.34. The number of hydrogen-bond acceptors (Lipinski definition) is 4. The van der Waals surface area contributed by atoms with Crippen molar-refractivity contribution in [1.82, 2.24) is 5.32 Å². The van der Waals surface area contributed by atoms with Crippen molar-refractivity contribution in [3.8, 4) is 11.1 Å². The quantitative estimate of drug-likeness (QED) is 0.469. The first-order valence-electron chi connectivity index (χ1n) is 10.8. The summed E-state index contributed by atoms with van der Waals surface area (Å²) in [5, 5.41) is 13.9. The normalized spacial score (nSPS) is 12.9. The number of carboxylic acid groups (broad SMARTS) is 1. The number of benzene rings is 3. The molecule has 0 saturated heterocycles. The van der Waals surface area contributed by atoms with Crippen molar-refractivity contribution in [2.75, 3.05) is 11.9 Å². The number of rotatable bonds is 7. The van der Waals surface area contributed by atoms with Gasteiger partial charge < -0.3 is 15.2 Å². The van der Waals surface area contributed by atoms with Crippen molar-refractivity contribution in [3.63, 3.8) is 0 Å². The Bertz CT molecular complexity index is 1210. The molecule has 3 N–H and O–H groups in total. The predicted molar refractivity (Wildman–Crippen MR) is 124 cm³/mol. The number of carbonyl (C=O) groups is 3. The standard InChI is InChI=1S/C26H23FN2O5/c1-15(12-24(30)31)28-25(32)21-13-16(27)10-11-23(21)29-26(33)34-14-22-19-8-4-2-6-17(19)18-7-3-5-9-20(18)22/h2-11,13,15,22H,12,14H2,1H3,(H,28,32)(H,29,33)(H,30,31)/t15-/m1/s1. The van der Waals surface area contributed by atoms with Crippen LogP contribution in [-0.2, 0) is 9.53 Å². The molecule has 3 aromatic rings. The summed E-state index contributed by atoms with van der Waals surface area (Å²) in [6.07, 6.45) is -1.09. The van der Waals surface area contributed by atoms with Gasteiger partial charge in [-0.1, -0.05) is 48.5 Å². The molecule has 0 fully saturated rings. The largest absolute Gasteiger partial charge is 0.481 e. The molecule has 4 rings (SSSR count). The van der Waals surface area contributed by atoms with Crippen molar-refractivity contribution in [2.45, 2.75) is 25.3 Å². The second-order valence-corrected chi connectivity index (χ2v) is 8.11. The number of carboxylic acids is 1. The summed E-state index contributed by atoms with van der Waals surface area (Å²) >= 11 is 0. The molecule has 0 aliphatic heterocycles. The number of anilines is 1. The number of nitrogens with one attached hydrogen (secondary N) is 2. The maximum absolute atomic E-state index is 13.8. The van der Waals surface area contributed by atoms with Crippen LogP contribution >= 0.6 is 0 Å². The summed E-state index contributed by atoms with van der Waals surface area (Å²) in [4.78, 5) is 36.0. The minimum atomic E-state index is -1.08. The molecule has 0 saturated carbocycles. The number of carbonyl (C=O) groups excluding carboxylic acids is 2. The Labute approximate surface area is 195 Å². The first-order chi connectivity index (χ1) is 16.3. The van der Waals surface area contributed by atoms with Crippen LogP contribution in [0.4, 0.5) is 14.9 Å². The molecule has 34 heavy (non-hydrogen) atoms. The molecule has 0 unspecified atom stereocenters. The molecule has 8 heteroatoms. The van der Waals surface area contributed by atoms with Crippen molar-refractivity contribution in [3.05, 3.63) is 89.2 Å². The van der Waals surface area contributed by atoms with Crippen molar-refractivity contribution in [1.29, 1.82) is 0 Å². The zero-order chi connectivity index (χ0) is 24.2. The molecular formula is C26H23FN2O5. The Morgan fingerprint density at radius 3 is 2.24 bits per heavy atom. The summed E-state index contributed by atoms with van der Waals surface area (Å²) in [7, 11) is 0. The Morgan fingerprint density at radius 1 is 1.00 bits per heavy atom. The van der Waals surface area contributed by atoms with E-state index in [2.05, 4.69) is 10.6 Å². The minimum absolute atomic E-state index is 0.0543. The molecule has 0 radical (unpaired) electrons. The summed E-state index contributed by atoms with van der Waals surface area (Å²) in [6.45, 7) is 1.60. The highest BCUT2D eigenvalue weighted by atomic mass is 19.1. The third-order valence-electron chi connectivity index (χ3n) is 5.66. The zero-order valence-electron chi connectivity index (χ0n) is 18.4. The second kappa shape index (κ2) is 9.74. The lowest BCUT2D eigenvalue weighted by molar-refractivity contribution is -0.137. The molecule has 1 aliphatic carbocycles. The predicted octanol–water partition coefficient (Wildman–Crippen LogP) is 4.78. The van der Waals surface area contributed by atoms with E-state index in [4.69, 9.17) is 9.84 Å². The Balaban J connectivity index is 1.46. The monoisotopic (exact) mass is 462 g/mol. The fraction of sp³-hybridized carbons (Fsp3) is 0.192. The van der Waals surface area contributed by atoms with Crippen LogP contribution in [0.15, 0.2) is 66.7 Å². The van der Waals surface area contributed by atoms with Crippen LogP contribution in [0.25, 0.3) is 11.1 Å². The molecule has 0 aromatic heterocycles. The number of aliphatic carboxylic acids is 1. The van der Waals surface area contributed by atoms with Gasteiger partial charge in [0.15, 0.2) is 0 Å².